The van der Waals surface area contributed by atoms with E-state index >= 15 is 0 Å². The van der Waals surface area contributed by atoms with E-state index in [2.05, 4.69) is 42.9 Å². The Kier molecular flexibility index (Phi) is 2.83. The molecule has 1 aliphatic rings. The Morgan fingerprint density at radius 1 is 1.29 bits per heavy atom. The third kappa shape index (κ3) is 2.14. The van der Waals surface area contributed by atoms with E-state index in [0.29, 0.717) is 5.92 Å². The van der Waals surface area contributed by atoms with Gasteiger partial charge in [0.25, 0.3) is 0 Å². The van der Waals surface area contributed by atoms with E-state index in [1.807, 2.05) is 18.3 Å². The number of hydrogen-bond donors (Lipinski definition) is 0. The van der Waals surface area contributed by atoms with Gasteiger partial charge < -0.3 is 9.47 Å². The molecule has 0 spiro atoms. The monoisotopic (exact) mass is 283 g/mol. The predicted molar refractivity (Wildman–Crippen MR) is 78.1 cm³/mol. The van der Waals surface area contributed by atoms with E-state index in [4.69, 9.17) is 0 Å². The molecule has 3 aromatic heterocycles. The lowest BCUT2D eigenvalue weighted by Gasteiger charge is -2.40. The van der Waals surface area contributed by atoms with Gasteiger partial charge in [-0.2, -0.15) is 4.52 Å². The lowest BCUT2D eigenvalue weighted by atomic mass is 10.00. The molecule has 21 heavy (non-hydrogen) atoms. The van der Waals surface area contributed by atoms with Crippen LogP contribution < -0.4 is 4.90 Å². The van der Waals surface area contributed by atoms with Crippen molar-refractivity contribution in [2.75, 3.05) is 18.0 Å². The maximum atomic E-state index is 4.52. The van der Waals surface area contributed by atoms with Crippen LogP contribution in [0.25, 0.3) is 5.65 Å². The number of anilines is 1. The molecule has 0 radical (unpaired) electrons. The molecular weight excluding hydrogens is 266 g/mol. The second-order valence-electron chi connectivity index (χ2n) is 5.45. The number of rotatable bonds is 4. The van der Waals surface area contributed by atoms with Crippen molar-refractivity contribution >= 4 is 11.5 Å². The van der Waals surface area contributed by atoms with Gasteiger partial charge in [-0.25, -0.2) is 4.98 Å². The highest BCUT2D eigenvalue weighted by Gasteiger charge is 2.28. The summed E-state index contributed by atoms with van der Waals surface area (Å²) in [5.74, 6) is 2.81. The van der Waals surface area contributed by atoms with Gasteiger partial charge in [0.1, 0.15) is 18.0 Å². The minimum Gasteiger partial charge on any atom is -0.354 e. The SMILES string of the molecule is CCc1nccn1CC1CN(c2ccc3nncn3n2)C1. The topological polar surface area (TPSA) is 64.1 Å². The Morgan fingerprint density at radius 3 is 3.05 bits per heavy atom. The van der Waals surface area contributed by atoms with Crippen molar-refractivity contribution in [2.45, 2.75) is 19.9 Å². The van der Waals surface area contributed by atoms with Gasteiger partial charge in [-0.05, 0) is 12.1 Å². The predicted octanol–water partition coefficient (Wildman–Crippen LogP) is 1.02. The number of nitrogens with zero attached hydrogens (tertiary/aromatic N) is 7. The summed E-state index contributed by atoms with van der Waals surface area (Å²) in [6.45, 7) is 5.24. The zero-order chi connectivity index (χ0) is 14.2. The maximum Gasteiger partial charge on any atom is 0.177 e. The summed E-state index contributed by atoms with van der Waals surface area (Å²) in [6.07, 6.45) is 6.57. The molecule has 1 saturated heterocycles. The van der Waals surface area contributed by atoms with E-state index in [0.717, 1.165) is 43.3 Å². The van der Waals surface area contributed by atoms with Crippen LogP contribution in [0.1, 0.15) is 12.7 Å². The van der Waals surface area contributed by atoms with Gasteiger partial charge in [-0.15, -0.1) is 15.3 Å². The average molecular weight is 283 g/mol. The maximum absolute atomic E-state index is 4.52. The largest absolute Gasteiger partial charge is 0.354 e. The van der Waals surface area contributed by atoms with E-state index in [-0.39, 0.29) is 0 Å². The molecule has 4 rings (SSSR count). The van der Waals surface area contributed by atoms with Crippen LogP contribution in [0.3, 0.4) is 0 Å². The lowest BCUT2D eigenvalue weighted by Crippen LogP contribution is -2.49. The molecule has 0 aromatic carbocycles. The second kappa shape index (κ2) is 4.83. The van der Waals surface area contributed by atoms with Crippen LogP contribution in [0, 0.1) is 5.92 Å². The number of aryl methyl sites for hydroxylation is 1. The van der Waals surface area contributed by atoms with Crippen LogP contribution in [0.2, 0.25) is 0 Å². The molecule has 7 heteroatoms. The standard InChI is InChI=1S/C14H17N7/c1-2-12-15-5-6-19(12)7-11-8-20(9-11)14-4-3-13-17-16-10-21(13)18-14/h3-6,10-11H,2,7-9H2,1H3. The zero-order valence-corrected chi connectivity index (χ0v) is 11.9. The molecule has 0 aliphatic carbocycles. The molecule has 0 saturated carbocycles. The number of aromatic nitrogens is 6. The van der Waals surface area contributed by atoms with E-state index in [1.54, 1.807) is 10.8 Å². The first-order chi connectivity index (χ1) is 10.3. The summed E-state index contributed by atoms with van der Waals surface area (Å²) < 4.78 is 3.98. The fourth-order valence-corrected chi connectivity index (χ4v) is 2.86. The lowest BCUT2D eigenvalue weighted by molar-refractivity contribution is 0.350. The van der Waals surface area contributed by atoms with Crippen molar-refractivity contribution in [1.29, 1.82) is 0 Å². The van der Waals surface area contributed by atoms with Crippen LogP contribution in [-0.4, -0.2) is 42.5 Å². The van der Waals surface area contributed by atoms with Crippen molar-refractivity contribution in [3.63, 3.8) is 0 Å². The fraction of sp³-hybridized carbons (Fsp3) is 0.429. The molecule has 1 fully saturated rings. The fourth-order valence-electron chi connectivity index (χ4n) is 2.86. The first kappa shape index (κ1) is 12.3. The average Bonchev–Trinajstić information content (AvgIpc) is 3.09. The highest BCUT2D eigenvalue weighted by Crippen LogP contribution is 2.24. The number of imidazole rings is 1. The van der Waals surface area contributed by atoms with E-state index in [9.17, 15) is 0 Å². The van der Waals surface area contributed by atoms with Crippen molar-refractivity contribution in [3.8, 4) is 0 Å². The number of fused-ring (bicyclic) bond motifs is 1. The van der Waals surface area contributed by atoms with Gasteiger partial charge in [0, 0.05) is 44.4 Å². The Labute approximate surface area is 122 Å². The normalized spacial score (nSPS) is 15.6. The van der Waals surface area contributed by atoms with Crippen LogP contribution in [0.4, 0.5) is 5.82 Å². The summed E-state index contributed by atoms with van der Waals surface area (Å²) in [6, 6.07) is 3.96. The Hall–Kier alpha value is -2.44. The summed E-state index contributed by atoms with van der Waals surface area (Å²) in [7, 11) is 0. The molecule has 108 valence electrons. The number of hydrogen-bond acceptors (Lipinski definition) is 5. The molecule has 0 amide bonds. The van der Waals surface area contributed by atoms with Crippen LogP contribution in [0.5, 0.6) is 0 Å². The highest BCUT2D eigenvalue weighted by molar-refractivity contribution is 5.46. The molecule has 0 bridgehead atoms. The Morgan fingerprint density at radius 2 is 2.19 bits per heavy atom. The summed E-state index contributed by atoms with van der Waals surface area (Å²) in [4.78, 5) is 6.66. The van der Waals surface area contributed by atoms with Gasteiger partial charge in [0.15, 0.2) is 5.65 Å². The highest BCUT2D eigenvalue weighted by atomic mass is 15.4. The molecule has 0 atom stereocenters. The third-order valence-corrected chi connectivity index (χ3v) is 4.00. The Bertz CT molecular complexity index is 753. The molecule has 0 N–H and O–H groups in total. The van der Waals surface area contributed by atoms with Crippen molar-refractivity contribution in [1.82, 2.24) is 29.4 Å². The minimum absolute atomic E-state index is 0.655. The van der Waals surface area contributed by atoms with Crippen molar-refractivity contribution in [2.24, 2.45) is 5.92 Å². The van der Waals surface area contributed by atoms with Gasteiger partial charge in [0.05, 0.1) is 0 Å². The molecule has 1 aliphatic heterocycles. The second-order valence-corrected chi connectivity index (χ2v) is 5.45. The van der Waals surface area contributed by atoms with E-state index < -0.39 is 0 Å². The van der Waals surface area contributed by atoms with Crippen LogP contribution in [-0.2, 0) is 13.0 Å². The van der Waals surface area contributed by atoms with Crippen LogP contribution in [0.15, 0.2) is 30.9 Å². The quantitative estimate of drug-likeness (QED) is 0.715. The van der Waals surface area contributed by atoms with Gasteiger partial charge in [0.2, 0.25) is 0 Å². The molecule has 3 aromatic rings. The van der Waals surface area contributed by atoms with Crippen LogP contribution >= 0.6 is 0 Å². The first-order valence-electron chi connectivity index (χ1n) is 7.25. The van der Waals surface area contributed by atoms with Gasteiger partial charge in [-0.3, -0.25) is 0 Å². The molecular formula is C14H17N7. The van der Waals surface area contributed by atoms with Gasteiger partial charge in [-0.1, -0.05) is 6.92 Å². The summed E-state index contributed by atoms with van der Waals surface area (Å²) in [5, 5.41) is 12.3. The zero-order valence-electron chi connectivity index (χ0n) is 11.9. The molecule has 0 unspecified atom stereocenters. The molecule has 4 heterocycles. The summed E-state index contributed by atoms with van der Waals surface area (Å²) in [5.41, 5.74) is 0.779. The molecule has 7 nitrogen and oxygen atoms in total. The summed E-state index contributed by atoms with van der Waals surface area (Å²) >= 11 is 0. The third-order valence-electron chi connectivity index (χ3n) is 4.00. The Balaban J connectivity index is 1.42. The van der Waals surface area contributed by atoms with Crippen molar-refractivity contribution in [3.05, 3.63) is 36.7 Å². The van der Waals surface area contributed by atoms with Crippen molar-refractivity contribution < 1.29 is 0 Å². The minimum atomic E-state index is 0.655. The van der Waals surface area contributed by atoms with Gasteiger partial charge >= 0.3 is 0 Å². The smallest absolute Gasteiger partial charge is 0.177 e. The van der Waals surface area contributed by atoms with E-state index in [1.165, 1.54) is 0 Å². The first-order valence-corrected chi connectivity index (χ1v) is 7.25.